The van der Waals surface area contributed by atoms with E-state index in [-0.39, 0.29) is 12.4 Å². The first-order chi connectivity index (χ1) is 6.15. The number of phenols is 1. The Morgan fingerprint density at radius 3 is 2.85 bits per heavy atom. The van der Waals surface area contributed by atoms with Crippen molar-refractivity contribution in [3.63, 3.8) is 0 Å². The summed E-state index contributed by atoms with van der Waals surface area (Å²) in [5, 5.41) is 28.2. The smallest absolute Gasteiger partial charge is 0.115 e. The van der Waals surface area contributed by atoms with Gasteiger partial charge in [-0.15, -0.1) is 0 Å². The molecule has 0 saturated heterocycles. The molecule has 0 fully saturated rings. The van der Waals surface area contributed by atoms with Crippen LogP contribution in [0.3, 0.4) is 0 Å². The Hall–Kier alpha value is -1.06. The van der Waals surface area contributed by atoms with Crippen molar-refractivity contribution in [1.29, 1.82) is 0 Å². The average molecular weight is 180 g/mol. The maximum absolute atomic E-state index is 9.92. The minimum atomic E-state index is -1.14. The van der Waals surface area contributed by atoms with Gasteiger partial charge in [-0.25, -0.2) is 0 Å². The predicted molar refractivity (Wildman–Crippen MR) is 47.4 cm³/mol. The van der Waals surface area contributed by atoms with E-state index in [1.54, 1.807) is 12.1 Å². The number of aromatic hydroxyl groups is 1. The van der Waals surface area contributed by atoms with Crippen molar-refractivity contribution in [1.82, 2.24) is 0 Å². The fourth-order valence-corrected chi connectivity index (χ4v) is 1.86. The van der Waals surface area contributed by atoms with Crippen LogP contribution in [0.15, 0.2) is 18.2 Å². The monoisotopic (exact) mass is 180 g/mol. The molecule has 1 atom stereocenters. The first-order valence-corrected chi connectivity index (χ1v) is 4.31. The fraction of sp³-hybridized carbons (Fsp3) is 0.400. The van der Waals surface area contributed by atoms with Crippen LogP contribution in [-0.4, -0.2) is 21.9 Å². The molecule has 0 amide bonds. The van der Waals surface area contributed by atoms with Crippen molar-refractivity contribution in [2.75, 3.05) is 6.61 Å². The lowest BCUT2D eigenvalue weighted by atomic mass is 9.97. The third-order valence-corrected chi connectivity index (χ3v) is 2.66. The number of rotatable bonds is 1. The van der Waals surface area contributed by atoms with Gasteiger partial charge in [0.05, 0.1) is 6.61 Å². The molecule has 1 aliphatic carbocycles. The maximum Gasteiger partial charge on any atom is 0.115 e. The van der Waals surface area contributed by atoms with Gasteiger partial charge in [0, 0.05) is 0 Å². The van der Waals surface area contributed by atoms with Crippen LogP contribution in [0.5, 0.6) is 5.75 Å². The summed E-state index contributed by atoms with van der Waals surface area (Å²) in [4.78, 5) is 0. The predicted octanol–water partition coefficient (Wildman–Crippen LogP) is 0.518. The average Bonchev–Trinajstić information content (AvgIpc) is 2.45. The quantitative estimate of drug-likeness (QED) is 0.590. The van der Waals surface area contributed by atoms with Crippen molar-refractivity contribution < 1.29 is 15.3 Å². The Balaban J connectivity index is 2.52. The van der Waals surface area contributed by atoms with Gasteiger partial charge >= 0.3 is 0 Å². The molecule has 1 aliphatic rings. The fourth-order valence-electron chi connectivity index (χ4n) is 1.86. The molecule has 0 aromatic heterocycles. The number of hydrogen-bond acceptors (Lipinski definition) is 3. The van der Waals surface area contributed by atoms with Crippen LogP contribution >= 0.6 is 0 Å². The zero-order chi connectivity index (χ0) is 9.47. The van der Waals surface area contributed by atoms with E-state index < -0.39 is 5.60 Å². The van der Waals surface area contributed by atoms with Crippen molar-refractivity contribution >= 4 is 0 Å². The molecule has 0 spiro atoms. The van der Waals surface area contributed by atoms with Crippen LogP contribution in [0.4, 0.5) is 0 Å². The number of aryl methyl sites for hydroxylation is 1. The summed E-state index contributed by atoms with van der Waals surface area (Å²) in [5.41, 5.74) is 0.526. The molecule has 0 heterocycles. The lowest BCUT2D eigenvalue weighted by Gasteiger charge is -2.20. The SMILES string of the molecule is OCC1(O)CCc2ccc(O)cc21. The molecule has 13 heavy (non-hydrogen) atoms. The summed E-state index contributed by atoms with van der Waals surface area (Å²) in [5.74, 6) is 0.132. The highest BCUT2D eigenvalue weighted by atomic mass is 16.3. The van der Waals surface area contributed by atoms with E-state index in [0.717, 1.165) is 12.0 Å². The van der Waals surface area contributed by atoms with E-state index in [1.807, 2.05) is 0 Å². The van der Waals surface area contributed by atoms with Crippen LogP contribution in [0.25, 0.3) is 0 Å². The van der Waals surface area contributed by atoms with Crippen molar-refractivity contribution in [3.8, 4) is 5.75 Å². The lowest BCUT2D eigenvalue weighted by molar-refractivity contribution is -0.0173. The zero-order valence-corrected chi connectivity index (χ0v) is 7.20. The maximum atomic E-state index is 9.92. The summed E-state index contributed by atoms with van der Waals surface area (Å²) >= 11 is 0. The van der Waals surface area contributed by atoms with E-state index in [0.29, 0.717) is 12.0 Å². The van der Waals surface area contributed by atoms with Gasteiger partial charge in [-0.3, -0.25) is 0 Å². The van der Waals surface area contributed by atoms with Gasteiger partial charge in [0.2, 0.25) is 0 Å². The second-order valence-electron chi connectivity index (χ2n) is 3.53. The van der Waals surface area contributed by atoms with E-state index in [4.69, 9.17) is 5.11 Å². The first kappa shape index (κ1) is 8.53. The van der Waals surface area contributed by atoms with Crippen LogP contribution < -0.4 is 0 Å². The van der Waals surface area contributed by atoms with Crippen molar-refractivity contribution in [3.05, 3.63) is 29.3 Å². The Morgan fingerprint density at radius 2 is 2.15 bits per heavy atom. The summed E-state index contributed by atoms with van der Waals surface area (Å²) in [6.45, 7) is -0.288. The molecule has 0 saturated carbocycles. The molecule has 0 radical (unpaired) electrons. The van der Waals surface area contributed by atoms with Crippen molar-refractivity contribution in [2.24, 2.45) is 0 Å². The number of hydrogen-bond donors (Lipinski definition) is 3. The van der Waals surface area contributed by atoms with Gasteiger partial charge in [0.25, 0.3) is 0 Å². The Labute approximate surface area is 76.3 Å². The molecule has 3 N–H and O–H groups in total. The van der Waals surface area contributed by atoms with Crippen LogP contribution in [0.2, 0.25) is 0 Å². The third-order valence-electron chi connectivity index (χ3n) is 2.66. The first-order valence-electron chi connectivity index (χ1n) is 4.31. The zero-order valence-electron chi connectivity index (χ0n) is 7.20. The molecular weight excluding hydrogens is 168 g/mol. The summed E-state index contributed by atoms with van der Waals surface area (Å²) in [6.07, 6.45) is 1.29. The van der Waals surface area contributed by atoms with Gasteiger partial charge in [-0.2, -0.15) is 0 Å². The normalized spacial score (nSPS) is 26.0. The van der Waals surface area contributed by atoms with Gasteiger partial charge in [0.15, 0.2) is 0 Å². The van der Waals surface area contributed by atoms with Gasteiger partial charge in [-0.05, 0) is 36.1 Å². The largest absolute Gasteiger partial charge is 0.508 e. The van der Waals surface area contributed by atoms with Crippen LogP contribution in [-0.2, 0) is 12.0 Å². The number of benzene rings is 1. The summed E-state index contributed by atoms with van der Waals surface area (Å²) < 4.78 is 0. The van der Waals surface area contributed by atoms with Crippen molar-refractivity contribution in [2.45, 2.75) is 18.4 Å². The number of fused-ring (bicyclic) bond motifs is 1. The molecule has 3 nitrogen and oxygen atoms in total. The standard InChI is InChI=1S/C10H12O3/c11-6-10(13)4-3-7-1-2-8(12)5-9(7)10/h1-2,5,11-13H,3-4,6H2. The number of aliphatic hydroxyl groups is 2. The highest BCUT2D eigenvalue weighted by molar-refractivity contribution is 5.42. The van der Waals surface area contributed by atoms with Crippen LogP contribution in [0.1, 0.15) is 17.5 Å². The van der Waals surface area contributed by atoms with Gasteiger partial charge in [0.1, 0.15) is 11.4 Å². The molecule has 3 heteroatoms. The topological polar surface area (TPSA) is 60.7 Å². The second kappa shape index (κ2) is 2.72. The molecular formula is C10H12O3. The number of phenolic OH excluding ortho intramolecular Hbond substituents is 1. The third kappa shape index (κ3) is 1.20. The highest BCUT2D eigenvalue weighted by Gasteiger charge is 2.36. The lowest BCUT2D eigenvalue weighted by Crippen LogP contribution is -2.26. The van der Waals surface area contributed by atoms with E-state index in [9.17, 15) is 10.2 Å². The van der Waals surface area contributed by atoms with E-state index in [2.05, 4.69) is 0 Å². The summed E-state index contributed by atoms with van der Waals surface area (Å²) in [6, 6.07) is 4.92. The Morgan fingerprint density at radius 1 is 1.38 bits per heavy atom. The minimum absolute atomic E-state index is 0.132. The molecule has 0 aliphatic heterocycles. The molecule has 1 aromatic carbocycles. The molecule has 2 rings (SSSR count). The Bertz CT molecular complexity index is 335. The number of aliphatic hydroxyl groups excluding tert-OH is 1. The van der Waals surface area contributed by atoms with E-state index >= 15 is 0 Å². The van der Waals surface area contributed by atoms with Gasteiger partial charge in [-0.1, -0.05) is 6.07 Å². The molecule has 70 valence electrons. The van der Waals surface area contributed by atoms with Gasteiger partial charge < -0.3 is 15.3 Å². The minimum Gasteiger partial charge on any atom is -0.508 e. The summed E-state index contributed by atoms with van der Waals surface area (Å²) in [7, 11) is 0. The second-order valence-corrected chi connectivity index (χ2v) is 3.53. The molecule has 1 unspecified atom stereocenters. The molecule has 1 aromatic rings. The highest BCUT2D eigenvalue weighted by Crippen LogP contribution is 2.37. The Kier molecular flexibility index (Phi) is 1.78. The molecule has 0 bridgehead atoms. The van der Waals surface area contributed by atoms with E-state index in [1.165, 1.54) is 6.07 Å². The van der Waals surface area contributed by atoms with Crippen LogP contribution in [0, 0.1) is 0 Å².